The summed E-state index contributed by atoms with van der Waals surface area (Å²) >= 11 is 0. The molecule has 2 radical (unpaired) electrons. The number of amides is 3. The van der Waals surface area contributed by atoms with Gasteiger partial charge in [-0.05, 0) is 42.2 Å². The predicted octanol–water partition coefficient (Wildman–Crippen LogP) is 3.04. The van der Waals surface area contributed by atoms with E-state index in [-0.39, 0.29) is 18.1 Å². The van der Waals surface area contributed by atoms with Crippen molar-refractivity contribution in [2.45, 2.75) is 37.9 Å². The molecule has 3 aromatic carbocycles. The lowest BCUT2D eigenvalue weighted by molar-refractivity contribution is -0.208. The highest BCUT2D eigenvalue weighted by Crippen LogP contribution is 2.26. The van der Waals surface area contributed by atoms with Crippen LogP contribution in [-0.4, -0.2) is 76.5 Å². The van der Waals surface area contributed by atoms with Gasteiger partial charge in [-0.3, -0.25) is 14.4 Å². The molecule has 5 rings (SSSR count). The van der Waals surface area contributed by atoms with Gasteiger partial charge in [0.1, 0.15) is 25.5 Å². The fourth-order valence-corrected chi connectivity index (χ4v) is 5.32. The number of aliphatic imine (C=N–C) groups is 1. The summed E-state index contributed by atoms with van der Waals surface area (Å²) in [6.45, 7) is 2.87. The van der Waals surface area contributed by atoms with Gasteiger partial charge in [0.2, 0.25) is 17.7 Å². The SMILES string of the molecule is [B]C([O-])=NC(C)(C)C(=O)N[C@H](Cc1c[nH]c2ccccc12)C(=O)Nc1cn(C(C(=O)N(C)C)c2ccc(-c3ccccc3)cc2)cn1. The Labute approximate surface area is 274 Å². The van der Waals surface area contributed by atoms with E-state index in [0.717, 1.165) is 33.2 Å². The molecule has 1 unspecified atom stereocenters. The lowest BCUT2D eigenvalue weighted by atomic mass is 10.00. The minimum absolute atomic E-state index is 0.129. The maximum atomic E-state index is 13.7. The topological polar surface area (TPSA) is 148 Å². The smallest absolute Gasteiger partial charge is 0.249 e. The first-order chi connectivity index (χ1) is 22.4. The number of carbonyl (C=O) groups is 3. The Bertz CT molecular complexity index is 1910. The third-order valence-corrected chi connectivity index (χ3v) is 7.83. The number of para-hydroxylation sites is 1. The average Bonchev–Trinajstić information content (AvgIpc) is 3.68. The number of nitrogens with zero attached hydrogens (tertiary/aromatic N) is 4. The first-order valence-corrected chi connectivity index (χ1v) is 15.0. The lowest BCUT2D eigenvalue weighted by Crippen LogP contribution is -2.52. The first-order valence-electron chi connectivity index (χ1n) is 15.0. The Balaban J connectivity index is 1.41. The van der Waals surface area contributed by atoms with Crippen LogP contribution in [0.2, 0.25) is 0 Å². The van der Waals surface area contributed by atoms with Crippen LogP contribution in [0.3, 0.4) is 0 Å². The van der Waals surface area contributed by atoms with Gasteiger partial charge in [0.25, 0.3) is 0 Å². The van der Waals surface area contributed by atoms with Crippen LogP contribution >= 0.6 is 0 Å². The summed E-state index contributed by atoms with van der Waals surface area (Å²) in [6.07, 6.45) is 4.97. The summed E-state index contributed by atoms with van der Waals surface area (Å²) in [6, 6.07) is 23.4. The number of benzene rings is 3. The first kappa shape index (κ1) is 32.7. The standard InChI is InChI=1S/C35H36BN7O4/c1-35(2,41-34(36)47)33(46)39-28(18-25-19-37-27-13-9-8-12-26(25)27)31(44)40-29-20-43(21-38-29)30(32(45)42(3)4)24-16-14-23(15-17-24)22-10-6-5-7-11-22/h5-17,19-21,28,30,37H,18H2,1-4H3,(H,39,46)(H,40,44)(H,41,47)/p-1/t28-,30?/m1/s1. The van der Waals surface area contributed by atoms with Gasteiger partial charge in [-0.15, -0.1) is 0 Å². The van der Waals surface area contributed by atoms with E-state index in [0.29, 0.717) is 0 Å². The second-order valence-corrected chi connectivity index (χ2v) is 11.9. The number of rotatable bonds is 11. The Morgan fingerprint density at radius 3 is 2.34 bits per heavy atom. The molecule has 0 bridgehead atoms. The van der Waals surface area contributed by atoms with E-state index < -0.39 is 35.2 Å². The van der Waals surface area contributed by atoms with Crippen LogP contribution in [0.5, 0.6) is 0 Å². The Morgan fingerprint density at radius 1 is 1.00 bits per heavy atom. The second kappa shape index (κ2) is 13.8. The van der Waals surface area contributed by atoms with Crippen molar-refractivity contribution in [2.75, 3.05) is 19.4 Å². The molecule has 0 spiro atoms. The molecule has 47 heavy (non-hydrogen) atoms. The van der Waals surface area contributed by atoms with Crippen molar-refractivity contribution in [2.24, 2.45) is 4.99 Å². The number of hydrogen-bond donors (Lipinski definition) is 3. The van der Waals surface area contributed by atoms with E-state index in [1.807, 2.05) is 78.9 Å². The van der Waals surface area contributed by atoms with E-state index in [2.05, 4.69) is 25.6 Å². The van der Waals surface area contributed by atoms with Crippen LogP contribution in [0.1, 0.15) is 31.0 Å². The highest BCUT2D eigenvalue weighted by Gasteiger charge is 2.32. The number of H-pyrrole nitrogens is 1. The van der Waals surface area contributed by atoms with Crippen molar-refractivity contribution in [1.82, 2.24) is 24.8 Å². The van der Waals surface area contributed by atoms with E-state index in [1.54, 1.807) is 31.1 Å². The molecule has 3 N–H and O–H groups in total. The van der Waals surface area contributed by atoms with E-state index in [4.69, 9.17) is 7.85 Å². The van der Waals surface area contributed by atoms with Crippen LogP contribution in [0.25, 0.3) is 22.0 Å². The number of hydrogen-bond acceptors (Lipinski definition) is 6. The minimum atomic E-state index is -1.51. The molecular weight excluding hydrogens is 593 g/mol. The molecule has 2 atom stereocenters. The largest absolute Gasteiger partial charge is 0.870 e. The highest BCUT2D eigenvalue weighted by atomic mass is 16.3. The van der Waals surface area contributed by atoms with Crippen molar-refractivity contribution < 1.29 is 19.5 Å². The fraction of sp³-hybridized carbons (Fsp3) is 0.229. The van der Waals surface area contributed by atoms with Crippen LogP contribution < -0.4 is 15.7 Å². The van der Waals surface area contributed by atoms with E-state index in [9.17, 15) is 19.5 Å². The molecule has 238 valence electrons. The molecule has 2 aromatic heterocycles. The molecule has 5 aromatic rings. The number of imidazole rings is 1. The van der Waals surface area contributed by atoms with Crippen LogP contribution in [-0.2, 0) is 20.8 Å². The van der Waals surface area contributed by atoms with Crippen molar-refractivity contribution in [3.05, 3.63) is 109 Å². The summed E-state index contributed by atoms with van der Waals surface area (Å²) in [4.78, 5) is 53.1. The summed E-state index contributed by atoms with van der Waals surface area (Å²) in [5.74, 6) is -2.20. The molecule has 0 saturated heterocycles. The van der Waals surface area contributed by atoms with Gasteiger partial charge in [-0.1, -0.05) is 78.6 Å². The number of nitrogens with one attached hydrogen (secondary N) is 3. The van der Waals surface area contributed by atoms with Crippen molar-refractivity contribution in [3.8, 4) is 11.1 Å². The number of likely N-dealkylation sites (N-methyl/N-ethyl adjacent to an activating group) is 1. The third-order valence-electron chi connectivity index (χ3n) is 7.83. The van der Waals surface area contributed by atoms with E-state index >= 15 is 0 Å². The molecule has 0 saturated carbocycles. The van der Waals surface area contributed by atoms with Gasteiger partial charge in [-0.2, -0.15) is 0 Å². The molecule has 0 aliphatic carbocycles. The maximum absolute atomic E-state index is 13.7. The molecule has 2 heterocycles. The molecule has 0 aliphatic heterocycles. The quantitative estimate of drug-likeness (QED) is 0.117. The minimum Gasteiger partial charge on any atom is -0.870 e. The molecule has 12 heteroatoms. The van der Waals surface area contributed by atoms with Gasteiger partial charge in [0.15, 0.2) is 5.82 Å². The molecule has 3 amide bonds. The number of aromatic amines is 1. The average molecular weight is 629 g/mol. The summed E-state index contributed by atoms with van der Waals surface area (Å²) in [7, 11) is 8.57. The molecule has 0 fully saturated rings. The van der Waals surface area contributed by atoms with Crippen LogP contribution in [0, 0.1) is 0 Å². The Hall–Kier alpha value is -5.65. The highest BCUT2D eigenvalue weighted by molar-refractivity contribution is 6.55. The van der Waals surface area contributed by atoms with Crippen LogP contribution in [0.15, 0.2) is 103 Å². The zero-order valence-corrected chi connectivity index (χ0v) is 26.6. The van der Waals surface area contributed by atoms with Crippen molar-refractivity contribution >= 4 is 48.1 Å². The summed E-state index contributed by atoms with van der Waals surface area (Å²) in [5, 5.41) is 17.9. The van der Waals surface area contributed by atoms with Crippen LogP contribution in [0.4, 0.5) is 5.82 Å². The summed E-state index contributed by atoms with van der Waals surface area (Å²) < 4.78 is 1.64. The zero-order chi connectivity index (χ0) is 33.7. The lowest BCUT2D eigenvalue weighted by Gasteiger charge is -2.26. The second-order valence-electron chi connectivity index (χ2n) is 11.9. The number of anilines is 1. The fourth-order valence-electron chi connectivity index (χ4n) is 5.32. The number of aromatic nitrogens is 3. The monoisotopic (exact) mass is 628 g/mol. The maximum Gasteiger partial charge on any atom is 0.249 e. The van der Waals surface area contributed by atoms with E-state index in [1.165, 1.54) is 25.1 Å². The number of fused-ring (bicyclic) bond motifs is 1. The third kappa shape index (κ3) is 7.60. The van der Waals surface area contributed by atoms with Crippen molar-refractivity contribution in [3.63, 3.8) is 0 Å². The Morgan fingerprint density at radius 2 is 1.66 bits per heavy atom. The Kier molecular flexibility index (Phi) is 9.60. The predicted molar refractivity (Wildman–Crippen MR) is 181 cm³/mol. The van der Waals surface area contributed by atoms with Gasteiger partial charge in [0, 0.05) is 43.8 Å². The van der Waals surface area contributed by atoms with Gasteiger partial charge >= 0.3 is 0 Å². The summed E-state index contributed by atoms with van der Waals surface area (Å²) in [5.41, 5.74) is 2.98. The number of carbonyl (C=O) groups excluding carboxylic acids is 3. The normalized spacial score (nSPS) is 13.1. The zero-order valence-electron chi connectivity index (χ0n) is 26.6. The van der Waals surface area contributed by atoms with Crippen molar-refractivity contribution in [1.29, 1.82) is 0 Å². The van der Waals surface area contributed by atoms with Gasteiger partial charge in [0.05, 0.1) is 6.33 Å². The molecule has 0 aliphatic rings. The molecule has 11 nitrogen and oxygen atoms in total. The molecular formula is C35H35BN7O4-. The van der Waals surface area contributed by atoms with Gasteiger partial charge < -0.3 is 35.2 Å². The van der Waals surface area contributed by atoms with Gasteiger partial charge in [-0.25, -0.2) is 4.98 Å².